The molecule has 1 amide bonds. The smallest absolute Gasteiger partial charge is 0.254 e. The van der Waals surface area contributed by atoms with E-state index in [1.165, 1.54) is 17.7 Å². The molecule has 1 saturated heterocycles. The van der Waals surface area contributed by atoms with E-state index in [2.05, 4.69) is 21.3 Å². The van der Waals surface area contributed by atoms with E-state index in [0.29, 0.717) is 43.1 Å². The van der Waals surface area contributed by atoms with Crippen molar-refractivity contribution in [2.45, 2.75) is 71.4 Å². The summed E-state index contributed by atoms with van der Waals surface area (Å²) in [6.07, 6.45) is 8.13. The average Bonchev–Trinajstić information content (AvgIpc) is 2.87. The van der Waals surface area contributed by atoms with E-state index in [0.717, 1.165) is 45.2 Å². The summed E-state index contributed by atoms with van der Waals surface area (Å²) in [6.45, 7) is 8.87. The van der Waals surface area contributed by atoms with Crippen LogP contribution >= 0.6 is 0 Å². The first-order chi connectivity index (χ1) is 16.4. The number of hydrogen-bond acceptors (Lipinski definition) is 3. The predicted molar refractivity (Wildman–Crippen MR) is 134 cm³/mol. The maximum Gasteiger partial charge on any atom is 0.254 e. The normalized spacial score (nSPS) is 15.4. The molecular weight excluding hydrogens is 432 g/mol. The van der Waals surface area contributed by atoms with Crippen LogP contribution in [0.5, 0.6) is 0 Å². The zero-order valence-corrected chi connectivity index (χ0v) is 20.9. The second-order valence-electron chi connectivity index (χ2n) is 9.62. The van der Waals surface area contributed by atoms with Gasteiger partial charge in [0.15, 0.2) is 0 Å². The number of halogens is 2. The van der Waals surface area contributed by atoms with Gasteiger partial charge in [-0.3, -0.25) is 9.78 Å². The van der Waals surface area contributed by atoms with Crippen LogP contribution in [0, 0.1) is 11.7 Å². The predicted octanol–water partition coefficient (Wildman–Crippen LogP) is 6.20. The monoisotopic (exact) mass is 471 g/mol. The van der Waals surface area contributed by atoms with Crippen molar-refractivity contribution in [1.82, 2.24) is 15.2 Å². The molecule has 6 heteroatoms. The first-order valence-corrected chi connectivity index (χ1v) is 12.8. The van der Waals surface area contributed by atoms with Gasteiger partial charge in [-0.2, -0.15) is 0 Å². The Morgan fingerprint density at radius 1 is 1.15 bits per heavy atom. The van der Waals surface area contributed by atoms with Gasteiger partial charge >= 0.3 is 0 Å². The van der Waals surface area contributed by atoms with Gasteiger partial charge in [0.2, 0.25) is 0 Å². The summed E-state index contributed by atoms with van der Waals surface area (Å²) in [5.41, 5.74) is 1.53. The number of amides is 1. The molecule has 2 aromatic rings. The number of alkyl halides is 1. The zero-order valence-electron chi connectivity index (χ0n) is 20.9. The molecule has 0 atom stereocenters. The molecular formula is C28H39F2N3O. The van der Waals surface area contributed by atoms with Gasteiger partial charge < -0.3 is 10.2 Å². The van der Waals surface area contributed by atoms with E-state index in [1.807, 2.05) is 33.0 Å². The van der Waals surface area contributed by atoms with Gasteiger partial charge in [-0.25, -0.2) is 8.78 Å². The Morgan fingerprint density at radius 3 is 2.47 bits per heavy atom. The number of aromatic nitrogens is 1. The third-order valence-electron chi connectivity index (χ3n) is 7.19. The number of hydrogen-bond donors (Lipinski definition) is 1. The minimum atomic E-state index is -1.05. The van der Waals surface area contributed by atoms with Crippen LogP contribution in [0.25, 0.3) is 11.3 Å². The quantitative estimate of drug-likeness (QED) is 0.424. The summed E-state index contributed by atoms with van der Waals surface area (Å²) in [4.78, 5) is 18.9. The lowest BCUT2D eigenvalue weighted by atomic mass is 9.89. The molecule has 0 unspecified atom stereocenters. The van der Waals surface area contributed by atoms with Gasteiger partial charge in [-0.05, 0) is 87.7 Å². The van der Waals surface area contributed by atoms with Gasteiger partial charge in [0.25, 0.3) is 5.91 Å². The summed E-state index contributed by atoms with van der Waals surface area (Å²) in [5, 5.41) is 2.70. The lowest BCUT2D eigenvalue weighted by molar-refractivity contribution is 0.0628. The van der Waals surface area contributed by atoms with E-state index < -0.39 is 11.5 Å². The van der Waals surface area contributed by atoms with Crippen LogP contribution in [0.1, 0.15) is 75.2 Å². The molecule has 0 spiro atoms. The maximum absolute atomic E-state index is 14.7. The molecule has 1 aliphatic heterocycles. The molecule has 2 heterocycles. The lowest BCUT2D eigenvalue weighted by Gasteiger charge is -2.36. The van der Waals surface area contributed by atoms with Crippen LogP contribution in [-0.4, -0.2) is 47.6 Å². The second kappa shape index (κ2) is 12.4. The molecule has 3 rings (SSSR count). The van der Waals surface area contributed by atoms with Crippen molar-refractivity contribution in [3.8, 4) is 11.3 Å². The van der Waals surface area contributed by atoms with Crippen LogP contribution in [0.4, 0.5) is 8.78 Å². The van der Waals surface area contributed by atoms with Crippen LogP contribution in [0.3, 0.4) is 0 Å². The fourth-order valence-electron chi connectivity index (χ4n) is 4.61. The van der Waals surface area contributed by atoms with E-state index in [9.17, 15) is 13.6 Å². The topological polar surface area (TPSA) is 45.2 Å². The second-order valence-corrected chi connectivity index (χ2v) is 9.62. The molecule has 186 valence electrons. The number of benzene rings is 1. The van der Waals surface area contributed by atoms with Crippen molar-refractivity contribution in [2.75, 3.05) is 26.2 Å². The fourth-order valence-corrected chi connectivity index (χ4v) is 4.61. The number of aryl methyl sites for hydroxylation is 1. The minimum absolute atomic E-state index is 0.0569. The molecule has 34 heavy (non-hydrogen) atoms. The molecule has 1 aromatic heterocycles. The highest BCUT2D eigenvalue weighted by molar-refractivity contribution is 5.94. The Hall–Kier alpha value is -2.34. The SMILES string of the molecule is CCCNC(=O)c1ccc(-c2ccc(CCC3CCN(CC(F)(CC)CC)CC3)cn2)cc1F. The van der Waals surface area contributed by atoms with E-state index in [-0.39, 0.29) is 11.5 Å². The van der Waals surface area contributed by atoms with E-state index >= 15 is 0 Å². The third kappa shape index (κ3) is 7.08. The van der Waals surface area contributed by atoms with E-state index in [1.54, 1.807) is 6.07 Å². The van der Waals surface area contributed by atoms with Crippen molar-refractivity contribution in [3.05, 3.63) is 53.5 Å². The van der Waals surface area contributed by atoms with Crippen molar-refractivity contribution >= 4 is 5.91 Å². The third-order valence-corrected chi connectivity index (χ3v) is 7.19. The van der Waals surface area contributed by atoms with Gasteiger partial charge in [0.1, 0.15) is 11.5 Å². The lowest BCUT2D eigenvalue weighted by Crippen LogP contribution is -2.43. The molecule has 1 aromatic carbocycles. The van der Waals surface area contributed by atoms with Crippen molar-refractivity contribution in [3.63, 3.8) is 0 Å². The summed E-state index contributed by atoms with van der Waals surface area (Å²) < 4.78 is 29.2. The largest absolute Gasteiger partial charge is 0.352 e. The molecule has 0 aliphatic carbocycles. The van der Waals surface area contributed by atoms with E-state index in [4.69, 9.17) is 0 Å². The van der Waals surface area contributed by atoms with Gasteiger partial charge in [-0.15, -0.1) is 0 Å². The number of nitrogens with one attached hydrogen (secondary N) is 1. The standard InChI is InChI=1S/C28H39F2N3O/c1-4-15-31-27(34)24-11-10-23(18-25(24)29)26-12-9-22(19-32-26)8-7-21-13-16-33(17-14-21)20-28(30,5-2)6-3/h9-12,18-19,21H,4-8,13-17,20H2,1-3H3,(H,31,34). The Bertz CT molecular complexity index is 920. The molecule has 1 aliphatic rings. The van der Waals surface area contributed by atoms with Crippen molar-refractivity contribution < 1.29 is 13.6 Å². The summed E-state index contributed by atoms with van der Waals surface area (Å²) >= 11 is 0. The molecule has 1 N–H and O–H groups in total. The molecule has 0 radical (unpaired) electrons. The summed E-state index contributed by atoms with van der Waals surface area (Å²) in [7, 11) is 0. The summed E-state index contributed by atoms with van der Waals surface area (Å²) in [6, 6.07) is 8.60. The highest BCUT2D eigenvalue weighted by Crippen LogP contribution is 2.27. The molecule has 4 nitrogen and oxygen atoms in total. The Kier molecular flexibility index (Phi) is 9.57. The van der Waals surface area contributed by atoms with Gasteiger partial charge in [0.05, 0.1) is 11.3 Å². The van der Waals surface area contributed by atoms with Crippen LogP contribution < -0.4 is 5.32 Å². The number of nitrogens with zero attached hydrogens (tertiary/aromatic N) is 2. The van der Waals surface area contributed by atoms with Gasteiger partial charge in [0, 0.05) is 24.8 Å². The Labute approximate surface area is 203 Å². The van der Waals surface area contributed by atoms with Crippen molar-refractivity contribution in [2.24, 2.45) is 5.92 Å². The Morgan fingerprint density at radius 2 is 1.88 bits per heavy atom. The Balaban J connectivity index is 1.49. The number of carbonyl (C=O) groups is 1. The fraction of sp³-hybridized carbons (Fsp3) is 0.571. The highest BCUT2D eigenvalue weighted by Gasteiger charge is 2.30. The first-order valence-electron chi connectivity index (χ1n) is 12.8. The van der Waals surface area contributed by atoms with Crippen LogP contribution in [0.15, 0.2) is 36.5 Å². The van der Waals surface area contributed by atoms with Crippen molar-refractivity contribution in [1.29, 1.82) is 0 Å². The summed E-state index contributed by atoms with van der Waals surface area (Å²) in [5.74, 6) is -0.264. The molecule has 0 bridgehead atoms. The molecule has 1 fully saturated rings. The maximum atomic E-state index is 14.7. The number of likely N-dealkylation sites (tertiary alicyclic amines) is 1. The number of rotatable bonds is 11. The van der Waals surface area contributed by atoms with Crippen LogP contribution in [-0.2, 0) is 6.42 Å². The first kappa shape index (κ1) is 26.3. The zero-order chi connectivity index (χ0) is 24.6. The average molecular weight is 472 g/mol. The number of piperidine rings is 1. The van der Waals surface area contributed by atoms with Gasteiger partial charge in [-0.1, -0.05) is 32.9 Å². The molecule has 0 saturated carbocycles. The van der Waals surface area contributed by atoms with Crippen LogP contribution in [0.2, 0.25) is 0 Å². The number of pyridine rings is 1. The number of carbonyl (C=O) groups excluding carboxylic acids is 1. The minimum Gasteiger partial charge on any atom is -0.352 e. The highest BCUT2D eigenvalue weighted by atomic mass is 19.1.